The molecule has 15 heavy (non-hydrogen) atoms. The Morgan fingerprint density at radius 2 is 2.27 bits per heavy atom. The third-order valence-corrected chi connectivity index (χ3v) is 3.16. The molecule has 0 saturated carbocycles. The lowest BCUT2D eigenvalue weighted by Crippen LogP contribution is -1.98. The van der Waals surface area contributed by atoms with E-state index in [0.29, 0.717) is 11.4 Å². The number of rotatable bonds is 5. The fraction of sp³-hybridized carbons (Fsp3) is 0.364. The van der Waals surface area contributed by atoms with Crippen LogP contribution in [0.3, 0.4) is 0 Å². The third-order valence-electron chi connectivity index (χ3n) is 1.93. The number of thioether (sulfide) groups is 1. The maximum absolute atomic E-state index is 10.5. The van der Waals surface area contributed by atoms with Crippen LogP contribution in [0.1, 0.15) is 18.9 Å². The molecule has 0 amide bonds. The van der Waals surface area contributed by atoms with Crippen molar-refractivity contribution < 1.29 is 9.90 Å². The van der Waals surface area contributed by atoms with Crippen LogP contribution in [0.4, 0.5) is 0 Å². The van der Waals surface area contributed by atoms with Crippen LogP contribution in [0.15, 0.2) is 23.1 Å². The standard InChI is InChI=1S/C11H13ClO2S/c1-2-15-10-5-4-9(12)7-8(10)3-6-11(13)14/h4-5,7H,2-3,6H2,1H3,(H,13,14). The minimum Gasteiger partial charge on any atom is -0.481 e. The van der Waals surface area contributed by atoms with E-state index in [1.165, 1.54) is 0 Å². The number of carboxylic acids is 1. The average Bonchev–Trinajstić information content (AvgIpc) is 2.18. The van der Waals surface area contributed by atoms with Gasteiger partial charge in [0, 0.05) is 16.3 Å². The second-order valence-electron chi connectivity index (χ2n) is 3.08. The van der Waals surface area contributed by atoms with Crippen LogP contribution < -0.4 is 0 Å². The van der Waals surface area contributed by atoms with E-state index >= 15 is 0 Å². The monoisotopic (exact) mass is 244 g/mol. The summed E-state index contributed by atoms with van der Waals surface area (Å²) in [5.41, 5.74) is 1.02. The van der Waals surface area contributed by atoms with Crippen LogP contribution in [0.25, 0.3) is 0 Å². The lowest BCUT2D eigenvalue weighted by atomic mass is 10.1. The summed E-state index contributed by atoms with van der Waals surface area (Å²) >= 11 is 7.59. The number of aliphatic carboxylic acids is 1. The van der Waals surface area contributed by atoms with Gasteiger partial charge in [0.25, 0.3) is 0 Å². The van der Waals surface area contributed by atoms with Gasteiger partial charge in [-0.15, -0.1) is 11.8 Å². The van der Waals surface area contributed by atoms with Gasteiger partial charge in [0.05, 0.1) is 0 Å². The first-order chi connectivity index (χ1) is 7.13. The van der Waals surface area contributed by atoms with E-state index in [-0.39, 0.29) is 6.42 Å². The molecule has 0 unspecified atom stereocenters. The Bertz CT molecular complexity index is 352. The zero-order chi connectivity index (χ0) is 11.3. The van der Waals surface area contributed by atoms with Crippen molar-refractivity contribution in [1.29, 1.82) is 0 Å². The van der Waals surface area contributed by atoms with Crippen molar-refractivity contribution in [2.75, 3.05) is 5.75 Å². The van der Waals surface area contributed by atoms with E-state index in [1.54, 1.807) is 11.8 Å². The van der Waals surface area contributed by atoms with Gasteiger partial charge in [0.1, 0.15) is 0 Å². The third kappa shape index (κ3) is 4.14. The summed E-state index contributed by atoms with van der Waals surface area (Å²) in [6, 6.07) is 5.64. The molecule has 82 valence electrons. The van der Waals surface area contributed by atoms with Gasteiger partial charge >= 0.3 is 5.97 Å². The number of carbonyl (C=O) groups is 1. The first-order valence-electron chi connectivity index (χ1n) is 4.76. The molecule has 0 heterocycles. The molecule has 0 fully saturated rings. The molecule has 0 saturated heterocycles. The SMILES string of the molecule is CCSc1ccc(Cl)cc1CCC(=O)O. The molecule has 0 aliphatic rings. The van der Waals surface area contributed by atoms with Gasteiger partial charge in [-0.3, -0.25) is 4.79 Å². The Morgan fingerprint density at radius 3 is 2.87 bits per heavy atom. The predicted octanol–water partition coefficient (Wildman–Crippen LogP) is 3.47. The number of halogens is 1. The van der Waals surface area contributed by atoms with E-state index in [1.807, 2.05) is 18.2 Å². The Balaban J connectivity index is 2.81. The summed E-state index contributed by atoms with van der Waals surface area (Å²) in [5, 5.41) is 9.29. The summed E-state index contributed by atoms with van der Waals surface area (Å²) < 4.78 is 0. The number of aryl methyl sites for hydroxylation is 1. The first-order valence-corrected chi connectivity index (χ1v) is 6.13. The molecular weight excluding hydrogens is 232 g/mol. The summed E-state index contributed by atoms with van der Waals surface area (Å²) in [6.45, 7) is 2.07. The first kappa shape index (κ1) is 12.4. The topological polar surface area (TPSA) is 37.3 Å². The Morgan fingerprint density at radius 1 is 1.53 bits per heavy atom. The number of carboxylic acid groups (broad SMARTS) is 1. The number of benzene rings is 1. The molecule has 2 nitrogen and oxygen atoms in total. The van der Waals surface area contributed by atoms with Gasteiger partial charge in [0.2, 0.25) is 0 Å². The molecule has 0 aliphatic heterocycles. The minimum absolute atomic E-state index is 0.150. The molecule has 0 aromatic heterocycles. The average molecular weight is 245 g/mol. The predicted molar refractivity (Wildman–Crippen MR) is 63.8 cm³/mol. The van der Waals surface area contributed by atoms with Crippen LogP contribution in [0.2, 0.25) is 5.02 Å². The molecule has 0 bridgehead atoms. The molecule has 1 aromatic rings. The van der Waals surface area contributed by atoms with E-state index < -0.39 is 5.97 Å². The highest BCUT2D eigenvalue weighted by Crippen LogP contribution is 2.26. The van der Waals surface area contributed by atoms with Crippen molar-refractivity contribution >= 4 is 29.3 Å². The molecule has 0 radical (unpaired) electrons. The van der Waals surface area contributed by atoms with Gasteiger partial charge in [-0.05, 0) is 35.9 Å². The smallest absolute Gasteiger partial charge is 0.303 e. The molecule has 4 heteroatoms. The molecule has 0 spiro atoms. The lowest BCUT2D eigenvalue weighted by molar-refractivity contribution is -0.136. The van der Waals surface area contributed by atoms with Crippen molar-refractivity contribution in [3.8, 4) is 0 Å². The second kappa shape index (κ2) is 6.03. The summed E-state index contributed by atoms with van der Waals surface area (Å²) in [4.78, 5) is 11.6. The molecule has 1 rings (SSSR count). The lowest BCUT2D eigenvalue weighted by Gasteiger charge is -2.07. The molecule has 0 aliphatic carbocycles. The van der Waals surface area contributed by atoms with E-state index in [0.717, 1.165) is 16.2 Å². The molecular formula is C11H13ClO2S. The summed E-state index contributed by atoms with van der Waals surface area (Å²) in [5.74, 6) is 0.198. The largest absolute Gasteiger partial charge is 0.481 e. The van der Waals surface area contributed by atoms with Crippen molar-refractivity contribution in [3.63, 3.8) is 0 Å². The molecule has 1 N–H and O–H groups in total. The highest BCUT2D eigenvalue weighted by Gasteiger charge is 2.05. The van der Waals surface area contributed by atoms with Crippen molar-refractivity contribution in [1.82, 2.24) is 0 Å². The molecule has 0 atom stereocenters. The van der Waals surface area contributed by atoms with Gasteiger partial charge in [-0.25, -0.2) is 0 Å². The Kier molecular flexibility index (Phi) is 4.99. The van der Waals surface area contributed by atoms with E-state index in [2.05, 4.69) is 6.92 Å². The highest BCUT2D eigenvalue weighted by atomic mass is 35.5. The molecule has 1 aromatic carbocycles. The zero-order valence-electron chi connectivity index (χ0n) is 8.50. The summed E-state index contributed by atoms with van der Waals surface area (Å²) in [7, 11) is 0. The van der Waals surface area contributed by atoms with Crippen LogP contribution in [-0.4, -0.2) is 16.8 Å². The summed E-state index contributed by atoms with van der Waals surface area (Å²) in [6.07, 6.45) is 0.690. The van der Waals surface area contributed by atoms with E-state index in [9.17, 15) is 4.79 Å². The van der Waals surface area contributed by atoms with Crippen LogP contribution in [0, 0.1) is 0 Å². The van der Waals surface area contributed by atoms with Gasteiger partial charge in [0.15, 0.2) is 0 Å². The quantitative estimate of drug-likeness (QED) is 0.806. The van der Waals surface area contributed by atoms with Gasteiger partial charge < -0.3 is 5.11 Å². The zero-order valence-corrected chi connectivity index (χ0v) is 10.1. The van der Waals surface area contributed by atoms with Crippen molar-refractivity contribution in [2.45, 2.75) is 24.7 Å². The van der Waals surface area contributed by atoms with Gasteiger partial charge in [-0.1, -0.05) is 18.5 Å². The number of hydrogen-bond donors (Lipinski definition) is 1. The second-order valence-corrected chi connectivity index (χ2v) is 4.82. The van der Waals surface area contributed by atoms with Crippen LogP contribution in [0.5, 0.6) is 0 Å². The van der Waals surface area contributed by atoms with Crippen LogP contribution in [-0.2, 0) is 11.2 Å². The van der Waals surface area contributed by atoms with Gasteiger partial charge in [-0.2, -0.15) is 0 Å². The fourth-order valence-corrected chi connectivity index (χ4v) is 2.30. The van der Waals surface area contributed by atoms with Crippen molar-refractivity contribution in [3.05, 3.63) is 28.8 Å². The normalized spacial score (nSPS) is 10.3. The fourth-order valence-electron chi connectivity index (χ4n) is 1.28. The number of hydrogen-bond acceptors (Lipinski definition) is 2. The Labute approximate surface area is 98.6 Å². The highest BCUT2D eigenvalue weighted by molar-refractivity contribution is 7.99. The maximum Gasteiger partial charge on any atom is 0.303 e. The van der Waals surface area contributed by atoms with E-state index in [4.69, 9.17) is 16.7 Å². The minimum atomic E-state index is -0.776. The van der Waals surface area contributed by atoms with Crippen LogP contribution >= 0.6 is 23.4 Å². The van der Waals surface area contributed by atoms with Crippen molar-refractivity contribution in [2.24, 2.45) is 0 Å². The maximum atomic E-state index is 10.5. The Hall–Kier alpha value is -0.670.